The van der Waals surface area contributed by atoms with Gasteiger partial charge < -0.3 is 15.5 Å². The van der Waals surface area contributed by atoms with Crippen molar-refractivity contribution in [1.82, 2.24) is 9.80 Å². The quantitative estimate of drug-likeness (QED) is 0.834. The zero-order chi connectivity index (χ0) is 14.7. The summed E-state index contributed by atoms with van der Waals surface area (Å²) in [7, 11) is 3.43. The average Bonchev–Trinajstić information content (AvgIpc) is 2.78. The molecule has 1 aromatic carbocycles. The van der Waals surface area contributed by atoms with Crippen molar-refractivity contribution in [2.24, 2.45) is 0 Å². The first-order chi connectivity index (χ1) is 9.50. The minimum Gasteiger partial charge on any atom is -0.397 e. The third-order valence-corrected chi connectivity index (χ3v) is 3.42. The van der Waals surface area contributed by atoms with Crippen LogP contribution < -0.4 is 10.6 Å². The Morgan fingerprint density at radius 3 is 2.65 bits per heavy atom. The maximum Gasteiger partial charge on any atom is 0.324 e. The van der Waals surface area contributed by atoms with Crippen LogP contribution in [-0.4, -0.2) is 55.5 Å². The summed E-state index contributed by atoms with van der Waals surface area (Å²) in [5, 5.41) is 0. The highest BCUT2D eigenvalue weighted by Crippen LogP contribution is 2.26. The molecular weight excluding hydrogens is 256 g/mol. The standard InChI is InChI=1S/C14H20N4O2/c1-16(2)13(19)7-8-17-9-10-18(14(17)20)12-6-4-3-5-11(12)15/h3-6H,7-10,15H2,1-2H3. The Hall–Kier alpha value is -2.24. The molecule has 6 nitrogen and oxygen atoms in total. The molecule has 1 aromatic rings. The first-order valence-corrected chi connectivity index (χ1v) is 6.62. The lowest BCUT2D eigenvalue weighted by Crippen LogP contribution is -2.35. The molecule has 1 saturated heterocycles. The predicted molar refractivity (Wildman–Crippen MR) is 78.5 cm³/mol. The third-order valence-electron chi connectivity index (χ3n) is 3.42. The van der Waals surface area contributed by atoms with Gasteiger partial charge in [-0.05, 0) is 12.1 Å². The monoisotopic (exact) mass is 276 g/mol. The number of amides is 3. The van der Waals surface area contributed by atoms with Crippen LogP contribution in [0.15, 0.2) is 24.3 Å². The van der Waals surface area contributed by atoms with Crippen molar-refractivity contribution in [1.29, 1.82) is 0 Å². The maximum atomic E-state index is 12.3. The van der Waals surface area contributed by atoms with Crippen LogP contribution >= 0.6 is 0 Å². The van der Waals surface area contributed by atoms with Gasteiger partial charge in [-0.2, -0.15) is 0 Å². The molecule has 1 aliphatic heterocycles. The highest BCUT2D eigenvalue weighted by molar-refractivity contribution is 5.97. The molecule has 0 spiro atoms. The van der Waals surface area contributed by atoms with Crippen molar-refractivity contribution >= 4 is 23.3 Å². The normalized spacial score (nSPS) is 14.8. The van der Waals surface area contributed by atoms with Gasteiger partial charge in [-0.3, -0.25) is 9.69 Å². The van der Waals surface area contributed by atoms with E-state index < -0.39 is 0 Å². The van der Waals surface area contributed by atoms with Crippen LogP contribution in [0.1, 0.15) is 6.42 Å². The van der Waals surface area contributed by atoms with Gasteiger partial charge in [0.2, 0.25) is 5.91 Å². The largest absolute Gasteiger partial charge is 0.397 e. The molecule has 0 unspecified atom stereocenters. The van der Waals surface area contributed by atoms with Gasteiger partial charge in [-0.15, -0.1) is 0 Å². The predicted octanol–water partition coefficient (Wildman–Crippen LogP) is 0.989. The molecule has 0 aliphatic carbocycles. The number of hydrogen-bond donors (Lipinski definition) is 1. The number of rotatable bonds is 4. The van der Waals surface area contributed by atoms with Gasteiger partial charge >= 0.3 is 6.03 Å². The van der Waals surface area contributed by atoms with Gasteiger partial charge in [-0.25, -0.2) is 4.79 Å². The first-order valence-electron chi connectivity index (χ1n) is 6.62. The van der Waals surface area contributed by atoms with E-state index in [4.69, 9.17) is 5.73 Å². The molecular formula is C14H20N4O2. The number of carbonyl (C=O) groups excluding carboxylic acids is 2. The SMILES string of the molecule is CN(C)C(=O)CCN1CCN(c2ccccc2N)C1=O. The number of carbonyl (C=O) groups is 2. The molecule has 0 radical (unpaired) electrons. The number of nitrogens with zero attached hydrogens (tertiary/aromatic N) is 3. The van der Waals surface area contributed by atoms with Gasteiger partial charge in [0, 0.05) is 40.2 Å². The van der Waals surface area contributed by atoms with Gasteiger partial charge in [0.1, 0.15) is 0 Å². The van der Waals surface area contributed by atoms with Gasteiger partial charge in [-0.1, -0.05) is 12.1 Å². The van der Waals surface area contributed by atoms with Crippen molar-refractivity contribution in [3.63, 3.8) is 0 Å². The molecule has 20 heavy (non-hydrogen) atoms. The fourth-order valence-electron chi connectivity index (χ4n) is 2.20. The second kappa shape index (κ2) is 5.81. The summed E-state index contributed by atoms with van der Waals surface area (Å²) >= 11 is 0. The number of urea groups is 1. The second-order valence-corrected chi connectivity index (χ2v) is 5.02. The summed E-state index contributed by atoms with van der Waals surface area (Å²) in [4.78, 5) is 28.8. The van der Waals surface area contributed by atoms with E-state index in [0.29, 0.717) is 31.7 Å². The Kier molecular flexibility index (Phi) is 4.12. The fraction of sp³-hybridized carbons (Fsp3) is 0.429. The zero-order valence-electron chi connectivity index (χ0n) is 11.9. The number of anilines is 2. The highest BCUT2D eigenvalue weighted by Gasteiger charge is 2.30. The summed E-state index contributed by atoms with van der Waals surface area (Å²) in [5.74, 6) is 0.0236. The topological polar surface area (TPSA) is 69.9 Å². The summed E-state index contributed by atoms with van der Waals surface area (Å²) < 4.78 is 0. The Bertz CT molecular complexity index is 516. The highest BCUT2D eigenvalue weighted by atomic mass is 16.2. The van der Waals surface area contributed by atoms with E-state index in [1.54, 1.807) is 30.0 Å². The smallest absolute Gasteiger partial charge is 0.324 e. The molecule has 1 aliphatic rings. The van der Waals surface area contributed by atoms with Gasteiger partial charge in [0.25, 0.3) is 0 Å². The Labute approximate surface area is 118 Å². The maximum absolute atomic E-state index is 12.3. The van der Waals surface area contributed by atoms with E-state index in [9.17, 15) is 9.59 Å². The molecule has 108 valence electrons. The summed E-state index contributed by atoms with van der Waals surface area (Å²) in [5.41, 5.74) is 7.22. The zero-order valence-corrected chi connectivity index (χ0v) is 11.9. The molecule has 0 aromatic heterocycles. The molecule has 3 amide bonds. The minimum absolute atomic E-state index is 0.0236. The average molecular weight is 276 g/mol. The van der Waals surface area contributed by atoms with E-state index in [1.165, 1.54) is 4.90 Å². The van der Waals surface area contributed by atoms with Gasteiger partial charge in [0.15, 0.2) is 0 Å². The number of benzene rings is 1. The lowest BCUT2D eigenvalue weighted by atomic mass is 10.2. The van der Waals surface area contributed by atoms with Crippen LogP contribution in [0.3, 0.4) is 0 Å². The molecule has 1 fully saturated rings. The molecule has 2 rings (SSSR count). The fourth-order valence-corrected chi connectivity index (χ4v) is 2.20. The first kappa shape index (κ1) is 14.2. The van der Waals surface area contributed by atoms with E-state index in [0.717, 1.165) is 5.69 Å². The van der Waals surface area contributed by atoms with Crippen molar-refractivity contribution in [3.05, 3.63) is 24.3 Å². The van der Waals surface area contributed by atoms with E-state index in [1.807, 2.05) is 18.2 Å². The number of hydrogen-bond acceptors (Lipinski definition) is 3. The van der Waals surface area contributed by atoms with Crippen molar-refractivity contribution in [3.8, 4) is 0 Å². The lowest BCUT2D eigenvalue weighted by molar-refractivity contribution is -0.128. The molecule has 0 saturated carbocycles. The summed E-state index contributed by atoms with van der Waals surface area (Å²) in [6.07, 6.45) is 0.344. The molecule has 2 N–H and O–H groups in total. The molecule has 0 bridgehead atoms. The van der Waals surface area contributed by atoms with Crippen LogP contribution in [0.2, 0.25) is 0 Å². The van der Waals surface area contributed by atoms with Crippen LogP contribution in [0.4, 0.5) is 16.2 Å². The number of nitrogen functional groups attached to an aromatic ring is 1. The number of nitrogens with two attached hydrogens (primary N) is 1. The van der Waals surface area contributed by atoms with Crippen molar-refractivity contribution in [2.75, 3.05) is 44.4 Å². The molecule has 0 atom stereocenters. The minimum atomic E-state index is -0.0885. The van der Waals surface area contributed by atoms with Crippen molar-refractivity contribution in [2.45, 2.75) is 6.42 Å². The Morgan fingerprint density at radius 2 is 2.00 bits per heavy atom. The van der Waals surface area contributed by atoms with Crippen LogP contribution in [0.25, 0.3) is 0 Å². The van der Waals surface area contributed by atoms with Crippen LogP contribution in [-0.2, 0) is 4.79 Å². The Morgan fingerprint density at radius 1 is 1.30 bits per heavy atom. The van der Waals surface area contributed by atoms with Crippen molar-refractivity contribution < 1.29 is 9.59 Å². The van der Waals surface area contributed by atoms with E-state index >= 15 is 0 Å². The second-order valence-electron chi connectivity index (χ2n) is 5.02. The van der Waals surface area contributed by atoms with Gasteiger partial charge in [0.05, 0.1) is 11.4 Å². The molecule has 6 heteroatoms. The lowest BCUT2D eigenvalue weighted by Gasteiger charge is -2.20. The van der Waals surface area contributed by atoms with E-state index in [-0.39, 0.29) is 11.9 Å². The summed E-state index contributed by atoms with van der Waals surface area (Å²) in [6.45, 7) is 1.66. The van der Waals surface area contributed by atoms with E-state index in [2.05, 4.69) is 0 Å². The third kappa shape index (κ3) is 2.84. The van der Waals surface area contributed by atoms with Crippen LogP contribution in [0.5, 0.6) is 0 Å². The number of para-hydroxylation sites is 2. The Balaban J connectivity index is 2.00. The summed E-state index contributed by atoms with van der Waals surface area (Å²) in [6, 6.07) is 7.22. The molecule has 1 heterocycles. The van der Waals surface area contributed by atoms with Crippen LogP contribution in [0, 0.1) is 0 Å².